The highest BCUT2D eigenvalue weighted by Gasteiger charge is 2.39. The van der Waals surface area contributed by atoms with E-state index < -0.39 is 14.8 Å². The quantitative estimate of drug-likeness (QED) is 0.521. The van der Waals surface area contributed by atoms with Crippen LogP contribution in [-0.2, 0) is 14.6 Å². The molecule has 3 rings (SSSR count). The van der Waals surface area contributed by atoms with Crippen molar-refractivity contribution >= 4 is 33.0 Å². The molecule has 1 aliphatic heterocycles. The molecule has 1 saturated carbocycles. The van der Waals surface area contributed by atoms with E-state index in [-0.39, 0.29) is 52.6 Å². The van der Waals surface area contributed by atoms with Crippen molar-refractivity contribution in [1.82, 2.24) is 4.90 Å². The lowest BCUT2D eigenvalue weighted by molar-refractivity contribution is -0.385. The topological polar surface area (TPSA) is 107 Å². The van der Waals surface area contributed by atoms with Crippen LogP contribution < -0.4 is 4.74 Å². The van der Waals surface area contributed by atoms with Crippen LogP contribution in [0.15, 0.2) is 18.2 Å². The van der Waals surface area contributed by atoms with Crippen LogP contribution in [0.25, 0.3) is 0 Å². The van der Waals surface area contributed by atoms with E-state index in [1.54, 1.807) is 4.90 Å². The highest BCUT2D eigenvalue weighted by atomic mass is 35.5. The Bertz CT molecular complexity index is 838. The van der Waals surface area contributed by atoms with Crippen LogP contribution in [0.4, 0.5) is 5.69 Å². The van der Waals surface area contributed by atoms with Crippen LogP contribution in [0.2, 0.25) is 5.02 Å². The standard InChI is InChI=1S/C17H21ClN2O6S/c18-12-5-6-16(15(9-12)20(22)23)26-10-17(21)19(13-3-1-2-4-13)14-7-8-27(24,25)11-14/h5-6,9,13-14H,1-4,7-8,10-11H2/t14-/m0/s1. The van der Waals surface area contributed by atoms with Crippen molar-refractivity contribution in [2.24, 2.45) is 0 Å². The predicted molar refractivity (Wildman–Crippen MR) is 99.8 cm³/mol. The number of benzene rings is 1. The maximum atomic E-state index is 12.9. The van der Waals surface area contributed by atoms with Crippen molar-refractivity contribution in [1.29, 1.82) is 0 Å². The van der Waals surface area contributed by atoms with Crippen molar-refractivity contribution in [3.63, 3.8) is 0 Å². The summed E-state index contributed by atoms with van der Waals surface area (Å²) in [6.07, 6.45) is 4.09. The summed E-state index contributed by atoms with van der Waals surface area (Å²) in [4.78, 5) is 25.0. The second-order valence-electron chi connectivity index (χ2n) is 6.95. The molecule has 0 bridgehead atoms. The van der Waals surface area contributed by atoms with Gasteiger partial charge in [-0.15, -0.1) is 0 Å². The third-order valence-corrected chi connectivity index (χ3v) is 7.06. The van der Waals surface area contributed by atoms with E-state index in [9.17, 15) is 23.3 Å². The maximum absolute atomic E-state index is 12.9. The third-order valence-electron chi connectivity index (χ3n) is 5.08. The predicted octanol–water partition coefficient (Wildman–Crippen LogP) is 2.59. The molecule has 1 atom stereocenters. The Morgan fingerprint density at radius 2 is 1.96 bits per heavy atom. The molecule has 0 aromatic heterocycles. The lowest BCUT2D eigenvalue weighted by atomic mass is 10.1. The number of ether oxygens (including phenoxy) is 1. The Labute approximate surface area is 162 Å². The van der Waals surface area contributed by atoms with Gasteiger partial charge in [-0.25, -0.2) is 8.42 Å². The number of carbonyl (C=O) groups is 1. The van der Waals surface area contributed by atoms with Crippen molar-refractivity contribution < 1.29 is 22.9 Å². The molecule has 1 aromatic carbocycles. The van der Waals surface area contributed by atoms with E-state index in [1.165, 1.54) is 18.2 Å². The van der Waals surface area contributed by atoms with Crippen LogP contribution in [0.5, 0.6) is 5.75 Å². The zero-order valence-electron chi connectivity index (χ0n) is 14.7. The molecule has 1 heterocycles. The van der Waals surface area contributed by atoms with Gasteiger partial charge in [0.1, 0.15) is 0 Å². The van der Waals surface area contributed by atoms with Crippen LogP contribution in [0, 0.1) is 10.1 Å². The number of hydrogen-bond donors (Lipinski definition) is 0. The Balaban J connectivity index is 1.74. The number of hydrogen-bond acceptors (Lipinski definition) is 6. The first-order chi connectivity index (χ1) is 12.8. The summed E-state index contributed by atoms with van der Waals surface area (Å²) in [6, 6.07) is 3.62. The number of halogens is 1. The van der Waals surface area contributed by atoms with E-state index in [4.69, 9.17) is 16.3 Å². The molecular weight excluding hydrogens is 396 g/mol. The zero-order chi connectivity index (χ0) is 19.6. The van der Waals surface area contributed by atoms with Gasteiger partial charge in [-0.05, 0) is 31.4 Å². The van der Waals surface area contributed by atoms with E-state index in [0.29, 0.717) is 6.42 Å². The van der Waals surface area contributed by atoms with E-state index in [1.807, 2.05) is 0 Å². The summed E-state index contributed by atoms with van der Waals surface area (Å²) in [7, 11) is -3.13. The van der Waals surface area contributed by atoms with Crippen LogP contribution in [0.3, 0.4) is 0 Å². The summed E-state index contributed by atoms with van der Waals surface area (Å²) < 4.78 is 29.1. The Morgan fingerprint density at radius 3 is 2.56 bits per heavy atom. The number of nitro groups is 1. The van der Waals surface area contributed by atoms with Crippen molar-refractivity contribution in [3.8, 4) is 5.75 Å². The summed E-state index contributed by atoms with van der Waals surface area (Å²) in [5, 5.41) is 11.3. The molecule has 2 fully saturated rings. The third kappa shape index (κ3) is 4.70. The summed E-state index contributed by atoms with van der Waals surface area (Å²) in [6.45, 7) is -0.379. The van der Waals surface area contributed by atoms with Gasteiger partial charge in [0.15, 0.2) is 22.2 Å². The normalized spacial score (nSPS) is 21.9. The van der Waals surface area contributed by atoms with Crippen molar-refractivity contribution in [2.45, 2.75) is 44.2 Å². The Kier molecular flexibility index (Phi) is 5.90. The summed E-state index contributed by atoms with van der Waals surface area (Å²) >= 11 is 5.78. The minimum absolute atomic E-state index is 0.000367. The van der Waals surface area contributed by atoms with Gasteiger partial charge in [0.05, 0.1) is 16.4 Å². The minimum atomic E-state index is -3.13. The molecule has 1 amide bonds. The van der Waals surface area contributed by atoms with Gasteiger partial charge in [-0.3, -0.25) is 14.9 Å². The fourth-order valence-electron chi connectivity index (χ4n) is 3.85. The molecule has 1 saturated heterocycles. The zero-order valence-corrected chi connectivity index (χ0v) is 16.2. The van der Waals surface area contributed by atoms with Crippen molar-refractivity contribution in [3.05, 3.63) is 33.3 Å². The molecule has 0 unspecified atom stereocenters. The molecule has 8 nitrogen and oxygen atoms in total. The first kappa shape index (κ1) is 19.9. The number of nitro benzene ring substituents is 1. The Hall–Kier alpha value is -1.87. The van der Waals surface area contributed by atoms with Gasteiger partial charge in [0.25, 0.3) is 5.91 Å². The number of amides is 1. The average molecular weight is 417 g/mol. The number of sulfone groups is 1. The van der Waals surface area contributed by atoms with Gasteiger partial charge in [-0.2, -0.15) is 0 Å². The highest BCUT2D eigenvalue weighted by Crippen LogP contribution is 2.31. The van der Waals surface area contributed by atoms with E-state index >= 15 is 0 Å². The van der Waals surface area contributed by atoms with E-state index in [2.05, 4.69) is 0 Å². The van der Waals surface area contributed by atoms with Gasteiger partial charge in [-0.1, -0.05) is 24.4 Å². The molecular formula is C17H21ClN2O6S. The molecule has 0 spiro atoms. The molecule has 1 aliphatic carbocycles. The van der Waals surface area contributed by atoms with Crippen LogP contribution in [-0.4, -0.2) is 54.3 Å². The second-order valence-corrected chi connectivity index (χ2v) is 9.62. The SMILES string of the molecule is O=C(COc1ccc(Cl)cc1[N+](=O)[O-])N(C1CCCC1)[C@H]1CCS(=O)(=O)C1. The largest absolute Gasteiger partial charge is 0.477 e. The van der Waals surface area contributed by atoms with E-state index in [0.717, 1.165) is 25.7 Å². The van der Waals surface area contributed by atoms with Crippen LogP contribution >= 0.6 is 11.6 Å². The fraction of sp³-hybridized carbons (Fsp3) is 0.588. The number of nitrogens with zero attached hydrogens (tertiary/aromatic N) is 2. The Morgan fingerprint density at radius 1 is 1.26 bits per heavy atom. The molecule has 2 aliphatic rings. The molecule has 27 heavy (non-hydrogen) atoms. The molecule has 0 N–H and O–H groups in total. The minimum Gasteiger partial charge on any atom is -0.477 e. The summed E-state index contributed by atoms with van der Waals surface area (Å²) in [5.41, 5.74) is -0.314. The highest BCUT2D eigenvalue weighted by molar-refractivity contribution is 7.91. The second kappa shape index (κ2) is 8.02. The monoisotopic (exact) mass is 416 g/mol. The van der Waals surface area contributed by atoms with Gasteiger partial charge in [0.2, 0.25) is 0 Å². The molecule has 10 heteroatoms. The van der Waals surface area contributed by atoms with Gasteiger partial charge >= 0.3 is 5.69 Å². The molecule has 0 radical (unpaired) electrons. The first-order valence-electron chi connectivity index (χ1n) is 8.85. The molecule has 1 aromatic rings. The van der Waals surface area contributed by atoms with Gasteiger partial charge in [0, 0.05) is 23.2 Å². The maximum Gasteiger partial charge on any atom is 0.312 e. The first-order valence-corrected chi connectivity index (χ1v) is 11.0. The lowest BCUT2D eigenvalue weighted by Gasteiger charge is -2.34. The average Bonchev–Trinajstić information content (AvgIpc) is 3.24. The summed E-state index contributed by atoms with van der Waals surface area (Å²) in [5.74, 6) is -0.329. The number of carbonyl (C=O) groups excluding carboxylic acids is 1. The number of rotatable bonds is 6. The lowest BCUT2D eigenvalue weighted by Crippen LogP contribution is -2.48. The smallest absolute Gasteiger partial charge is 0.312 e. The molecule has 148 valence electrons. The van der Waals surface area contributed by atoms with Crippen molar-refractivity contribution in [2.75, 3.05) is 18.1 Å². The van der Waals surface area contributed by atoms with Gasteiger partial charge < -0.3 is 9.64 Å². The van der Waals surface area contributed by atoms with Crippen LogP contribution in [0.1, 0.15) is 32.1 Å². The fourth-order valence-corrected chi connectivity index (χ4v) is 5.73.